The molecule has 0 aromatic carbocycles. The first-order chi connectivity index (χ1) is 11.9. The van der Waals surface area contributed by atoms with Crippen molar-refractivity contribution in [3.05, 3.63) is 33.4 Å². The van der Waals surface area contributed by atoms with E-state index in [0.29, 0.717) is 30.6 Å². The highest BCUT2D eigenvalue weighted by molar-refractivity contribution is 7.11. The summed E-state index contributed by atoms with van der Waals surface area (Å²) in [6, 6.07) is 3.78. The second kappa shape index (κ2) is 7.66. The number of hydrogen-bond acceptors (Lipinski definition) is 6. The lowest BCUT2D eigenvalue weighted by Gasteiger charge is -2.40. The monoisotopic (exact) mass is 379 g/mol. The predicted octanol–water partition coefficient (Wildman–Crippen LogP) is 2.99. The van der Waals surface area contributed by atoms with Crippen LogP contribution in [-0.4, -0.2) is 51.7 Å². The summed E-state index contributed by atoms with van der Waals surface area (Å²) in [5, 5.41) is 9.32. The molecule has 1 atom stereocenters. The molecule has 1 fully saturated rings. The average molecular weight is 380 g/mol. The van der Waals surface area contributed by atoms with Crippen molar-refractivity contribution in [3.8, 4) is 0 Å². The molecule has 0 saturated carbocycles. The SMILES string of the molecule is CC(C)c1cnc(CC(=O)N2CCN(c3ccc(Cl)nn3)[C@@H](C)C2)s1. The van der Waals surface area contributed by atoms with Crippen LogP contribution >= 0.6 is 22.9 Å². The van der Waals surface area contributed by atoms with Crippen LogP contribution in [0.1, 0.15) is 36.6 Å². The van der Waals surface area contributed by atoms with Gasteiger partial charge in [0.05, 0.1) is 6.42 Å². The summed E-state index contributed by atoms with van der Waals surface area (Å²) in [7, 11) is 0. The maximum atomic E-state index is 12.6. The molecule has 0 bridgehead atoms. The van der Waals surface area contributed by atoms with Gasteiger partial charge in [-0.25, -0.2) is 4.98 Å². The number of nitrogens with zero attached hydrogens (tertiary/aromatic N) is 5. The predicted molar refractivity (Wildman–Crippen MR) is 100 cm³/mol. The number of anilines is 1. The van der Waals surface area contributed by atoms with Crippen molar-refractivity contribution in [3.63, 3.8) is 0 Å². The fourth-order valence-corrected chi connectivity index (χ4v) is 3.92. The highest BCUT2D eigenvalue weighted by Gasteiger charge is 2.28. The van der Waals surface area contributed by atoms with Gasteiger partial charge in [-0.3, -0.25) is 4.79 Å². The Morgan fingerprint density at radius 1 is 1.36 bits per heavy atom. The smallest absolute Gasteiger partial charge is 0.229 e. The molecule has 25 heavy (non-hydrogen) atoms. The second-order valence-electron chi connectivity index (χ2n) is 6.58. The molecule has 1 aliphatic rings. The lowest BCUT2D eigenvalue weighted by atomic mass is 10.1. The van der Waals surface area contributed by atoms with E-state index in [1.807, 2.05) is 17.2 Å². The molecule has 2 aromatic heterocycles. The number of aromatic nitrogens is 3. The third-order valence-electron chi connectivity index (χ3n) is 4.34. The molecular formula is C17H22ClN5OS. The highest BCUT2D eigenvalue weighted by Crippen LogP contribution is 2.23. The summed E-state index contributed by atoms with van der Waals surface area (Å²) >= 11 is 7.43. The summed E-state index contributed by atoms with van der Waals surface area (Å²) in [6.45, 7) is 8.45. The zero-order chi connectivity index (χ0) is 18.0. The van der Waals surface area contributed by atoms with Crippen LogP contribution in [0.25, 0.3) is 0 Å². The Hall–Kier alpha value is -1.73. The first-order valence-corrected chi connectivity index (χ1v) is 9.61. The summed E-state index contributed by atoms with van der Waals surface area (Å²) in [4.78, 5) is 22.3. The van der Waals surface area contributed by atoms with Crippen LogP contribution in [0, 0.1) is 0 Å². The van der Waals surface area contributed by atoms with E-state index in [4.69, 9.17) is 11.6 Å². The van der Waals surface area contributed by atoms with Gasteiger partial charge < -0.3 is 9.80 Å². The molecule has 134 valence electrons. The molecule has 2 aromatic rings. The summed E-state index contributed by atoms with van der Waals surface area (Å²) < 4.78 is 0. The Morgan fingerprint density at radius 2 is 2.16 bits per heavy atom. The first kappa shape index (κ1) is 18.1. The van der Waals surface area contributed by atoms with Crippen molar-refractivity contribution in [1.82, 2.24) is 20.1 Å². The average Bonchev–Trinajstić information content (AvgIpc) is 3.04. The van der Waals surface area contributed by atoms with Gasteiger partial charge in [-0.05, 0) is 25.0 Å². The zero-order valence-corrected chi connectivity index (χ0v) is 16.2. The molecule has 1 aliphatic heterocycles. The van der Waals surface area contributed by atoms with E-state index < -0.39 is 0 Å². The Bertz CT molecular complexity index is 733. The van der Waals surface area contributed by atoms with Gasteiger partial charge in [0.15, 0.2) is 11.0 Å². The summed E-state index contributed by atoms with van der Waals surface area (Å²) in [5.74, 6) is 1.38. The molecule has 0 aliphatic carbocycles. The van der Waals surface area contributed by atoms with Crippen molar-refractivity contribution >= 4 is 34.7 Å². The number of hydrogen-bond donors (Lipinski definition) is 0. The molecule has 6 nitrogen and oxygen atoms in total. The number of halogens is 1. The third-order valence-corrected chi connectivity index (χ3v) is 5.83. The standard InChI is InChI=1S/C17H22ClN5OS/c1-11(2)13-9-19-16(25-13)8-17(24)22-6-7-23(12(3)10-22)15-5-4-14(18)20-21-15/h4-5,9,11-12H,6-8,10H2,1-3H3/t12-/m0/s1. The van der Waals surface area contributed by atoms with Gasteiger partial charge in [-0.15, -0.1) is 21.5 Å². The first-order valence-electron chi connectivity index (χ1n) is 8.42. The normalized spacial score (nSPS) is 18.0. The molecule has 0 spiro atoms. The molecule has 8 heteroatoms. The topological polar surface area (TPSA) is 62.2 Å². The van der Waals surface area contributed by atoms with Crippen LogP contribution in [-0.2, 0) is 11.2 Å². The van der Waals surface area contributed by atoms with E-state index in [2.05, 4.69) is 40.9 Å². The van der Waals surface area contributed by atoms with Crippen LogP contribution in [0.3, 0.4) is 0 Å². The summed E-state index contributed by atoms with van der Waals surface area (Å²) in [5.41, 5.74) is 0. The molecular weight excluding hydrogens is 358 g/mol. The Kier molecular flexibility index (Phi) is 5.54. The minimum atomic E-state index is 0.137. The van der Waals surface area contributed by atoms with Gasteiger partial charge in [0.25, 0.3) is 0 Å². The van der Waals surface area contributed by atoms with Gasteiger partial charge in [-0.1, -0.05) is 25.4 Å². The van der Waals surface area contributed by atoms with Crippen molar-refractivity contribution in [2.24, 2.45) is 0 Å². The van der Waals surface area contributed by atoms with E-state index in [-0.39, 0.29) is 11.9 Å². The molecule has 3 rings (SSSR count). The minimum Gasteiger partial charge on any atom is -0.349 e. The lowest BCUT2D eigenvalue weighted by molar-refractivity contribution is -0.131. The van der Waals surface area contributed by atoms with Crippen LogP contribution in [0.5, 0.6) is 0 Å². The summed E-state index contributed by atoms with van der Waals surface area (Å²) in [6.07, 6.45) is 2.27. The minimum absolute atomic E-state index is 0.137. The molecule has 3 heterocycles. The Morgan fingerprint density at radius 3 is 2.76 bits per heavy atom. The van der Waals surface area contributed by atoms with Crippen LogP contribution in [0.2, 0.25) is 5.15 Å². The number of thiazole rings is 1. The fourth-order valence-electron chi connectivity index (χ4n) is 2.90. The molecule has 0 radical (unpaired) electrons. The Balaban J connectivity index is 1.59. The number of rotatable bonds is 4. The Labute approximate surface area is 156 Å². The zero-order valence-electron chi connectivity index (χ0n) is 14.6. The maximum Gasteiger partial charge on any atom is 0.229 e. The van der Waals surface area contributed by atoms with Gasteiger partial charge in [0, 0.05) is 36.8 Å². The maximum absolute atomic E-state index is 12.6. The number of amides is 1. The van der Waals surface area contributed by atoms with E-state index in [0.717, 1.165) is 17.4 Å². The molecule has 1 amide bonds. The van der Waals surface area contributed by atoms with Gasteiger partial charge in [0.1, 0.15) is 5.01 Å². The third kappa shape index (κ3) is 4.27. The highest BCUT2D eigenvalue weighted by atomic mass is 35.5. The van der Waals surface area contributed by atoms with Crippen molar-refractivity contribution in [2.75, 3.05) is 24.5 Å². The van der Waals surface area contributed by atoms with E-state index in [1.165, 1.54) is 4.88 Å². The lowest BCUT2D eigenvalue weighted by Crippen LogP contribution is -2.54. The van der Waals surface area contributed by atoms with Crippen molar-refractivity contribution < 1.29 is 4.79 Å². The molecule has 1 saturated heterocycles. The van der Waals surface area contributed by atoms with Crippen LogP contribution in [0.4, 0.5) is 5.82 Å². The van der Waals surface area contributed by atoms with Gasteiger partial charge in [0.2, 0.25) is 5.91 Å². The quantitative estimate of drug-likeness (QED) is 0.817. The van der Waals surface area contributed by atoms with E-state index >= 15 is 0 Å². The van der Waals surface area contributed by atoms with Crippen LogP contribution in [0.15, 0.2) is 18.3 Å². The van der Waals surface area contributed by atoms with Gasteiger partial charge in [-0.2, -0.15) is 0 Å². The number of piperazine rings is 1. The van der Waals surface area contributed by atoms with Crippen molar-refractivity contribution in [2.45, 2.75) is 39.2 Å². The van der Waals surface area contributed by atoms with Gasteiger partial charge >= 0.3 is 0 Å². The number of carbonyl (C=O) groups excluding carboxylic acids is 1. The number of carbonyl (C=O) groups is 1. The molecule has 0 N–H and O–H groups in total. The second-order valence-corrected chi connectivity index (χ2v) is 8.12. The van der Waals surface area contributed by atoms with E-state index in [1.54, 1.807) is 17.4 Å². The van der Waals surface area contributed by atoms with Crippen LogP contribution < -0.4 is 4.90 Å². The van der Waals surface area contributed by atoms with E-state index in [9.17, 15) is 4.79 Å². The largest absolute Gasteiger partial charge is 0.349 e. The van der Waals surface area contributed by atoms with Crippen molar-refractivity contribution in [1.29, 1.82) is 0 Å². The molecule has 0 unspecified atom stereocenters. The fraction of sp³-hybridized carbons (Fsp3) is 0.529.